The molecule has 1 saturated heterocycles. The van der Waals surface area contributed by atoms with Gasteiger partial charge in [0.15, 0.2) is 0 Å². The number of rotatable bonds is 2. The van der Waals surface area contributed by atoms with Crippen molar-refractivity contribution in [2.24, 2.45) is 5.92 Å². The van der Waals surface area contributed by atoms with Crippen molar-refractivity contribution in [2.45, 2.75) is 38.6 Å². The van der Waals surface area contributed by atoms with Crippen LogP contribution in [0.4, 0.5) is 5.69 Å². The van der Waals surface area contributed by atoms with Crippen LogP contribution in [0.15, 0.2) is 22.7 Å². The number of halogens is 1. The molecule has 0 radical (unpaired) electrons. The maximum Gasteiger partial charge on any atom is 0.0397 e. The highest BCUT2D eigenvalue weighted by Crippen LogP contribution is 2.41. The van der Waals surface area contributed by atoms with Gasteiger partial charge in [0.25, 0.3) is 0 Å². The van der Waals surface area contributed by atoms with Gasteiger partial charge in [-0.05, 0) is 69.3 Å². The molecule has 3 rings (SSSR count). The van der Waals surface area contributed by atoms with Crippen molar-refractivity contribution in [3.05, 3.63) is 28.2 Å². The predicted molar refractivity (Wildman–Crippen MR) is 84.8 cm³/mol. The second-order valence-corrected chi connectivity index (χ2v) is 7.24. The van der Waals surface area contributed by atoms with Gasteiger partial charge in [0, 0.05) is 28.8 Å². The molecule has 2 nitrogen and oxygen atoms in total. The topological polar surface area (TPSA) is 15.3 Å². The zero-order chi connectivity index (χ0) is 13.5. The summed E-state index contributed by atoms with van der Waals surface area (Å²) in [7, 11) is 0. The monoisotopic (exact) mass is 322 g/mol. The number of anilines is 1. The number of benzene rings is 1. The molecule has 3 heteroatoms. The summed E-state index contributed by atoms with van der Waals surface area (Å²) >= 11 is 3.56. The predicted octanol–water partition coefficient (Wildman–Crippen LogP) is 3.73. The molecule has 19 heavy (non-hydrogen) atoms. The normalized spacial score (nSPS) is 28.3. The first-order valence-electron chi connectivity index (χ1n) is 7.35. The van der Waals surface area contributed by atoms with E-state index in [0.29, 0.717) is 5.54 Å². The smallest absolute Gasteiger partial charge is 0.0397 e. The van der Waals surface area contributed by atoms with Gasteiger partial charge < -0.3 is 10.2 Å². The molecule has 1 aromatic rings. The van der Waals surface area contributed by atoms with Gasteiger partial charge in [-0.3, -0.25) is 0 Å². The Morgan fingerprint density at radius 3 is 2.84 bits per heavy atom. The van der Waals surface area contributed by atoms with Gasteiger partial charge >= 0.3 is 0 Å². The van der Waals surface area contributed by atoms with Crippen LogP contribution in [0.1, 0.15) is 31.7 Å². The minimum atomic E-state index is 0.302. The minimum absolute atomic E-state index is 0.302. The minimum Gasteiger partial charge on any atom is -0.369 e. The van der Waals surface area contributed by atoms with Crippen molar-refractivity contribution >= 4 is 21.6 Å². The molecule has 104 valence electrons. The second-order valence-electron chi connectivity index (χ2n) is 6.32. The van der Waals surface area contributed by atoms with E-state index in [1.165, 1.54) is 35.0 Å². The SMILES string of the molecule is Cc1cc(Br)ccc1N1CCCNC(C)(C2CC2)C1. The fraction of sp³-hybridized carbons (Fsp3) is 0.625. The number of hydrogen-bond donors (Lipinski definition) is 1. The van der Waals surface area contributed by atoms with Crippen LogP contribution in [-0.2, 0) is 0 Å². The summed E-state index contributed by atoms with van der Waals surface area (Å²) < 4.78 is 1.17. The standard InChI is InChI=1S/C16H23BrN2/c1-12-10-14(17)6-7-15(12)19-9-3-8-18-16(2,11-19)13-4-5-13/h6-7,10,13,18H,3-5,8-9,11H2,1-2H3. The van der Waals surface area contributed by atoms with Gasteiger partial charge in [0.1, 0.15) is 0 Å². The van der Waals surface area contributed by atoms with E-state index in [4.69, 9.17) is 0 Å². The fourth-order valence-corrected chi connectivity index (χ4v) is 3.82. The van der Waals surface area contributed by atoms with Crippen molar-refractivity contribution in [1.82, 2.24) is 5.32 Å². The van der Waals surface area contributed by atoms with Gasteiger partial charge in [-0.2, -0.15) is 0 Å². The van der Waals surface area contributed by atoms with Crippen molar-refractivity contribution in [3.63, 3.8) is 0 Å². The molecule has 1 unspecified atom stereocenters. The van der Waals surface area contributed by atoms with Crippen LogP contribution in [0.25, 0.3) is 0 Å². The summed E-state index contributed by atoms with van der Waals surface area (Å²) in [6, 6.07) is 6.65. The zero-order valence-corrected chi connectivity index (χ0v) is 13.5. The van der Waals surface area contributed by atoms with Crippen LogP contribution >= 0.6 is 15.9 Å². The van der Waals surface area contributed by atoms with Crippen LogP contribution in [0, 0.1) is 12.8 Å². The van der Waals surface area contributed by atoms with Crippen LogP contribution in [0.5, 0.6) is 0 Å². The van der Waals surface area contributed by atoms with Gasteiger partial charge in [-0.1, -0.05) is 15.9 Å². The summed E-state index contributed by atoms with van der Waals surface area (Å²) in [5.74, 6) is 0.879. The van der Waals surface area contributed by atoms with Crippen molar-refractivity contribution in [2.75, 3.05) is 24.5 Å². The Kier molecular flexibility index (Phi) is 3.61. The molecule has 0 bridgehead atoms. The van der Waals surface area contributed by atoms with Gasteiger partial charge in [0.05, 0.1) is 0 Å². The molecule has 1 atom stereocenters. The van der Waals surface area contributed by atoms with Crippen molar-refractivity contribution < 1.29 is 0 Å². The van der Waals surface area contributed by atoms with E-state index in [-0.39, 0.29) is 0 Å². The lowest BCUT2D eigenvalue weighted by Gasteiger charge is -2.35. The molecule has 1 aliphatic heterocycles. The van der Waals surface area contributed by atoms with E-state index in [2.05, 4.69) is 58.2 Å². The summed E-state index contributed by atoms with van der Waals surface area (Å²) in [5.41, 5.74) is 3.07. The van der Waals surface area contributed by atoms with Crippen LogP contribution in [0.2, 0.25) is 0 Å². The molecule has 1 saturated carbocycles. The number of aryl methyl sites for hydroxylation is 1. The van der Waals surface area contributed by atoms with Crippen LogP contribution < -0.4 is 10.2 Å². The van der Waals surface area contributed by atoms with E-state index in [0.717, 1.165) is 25.6 Å². The first kappa shape index (κ1) is 13.4. The first-order chi connectivity index (χ1) is 9.08. The molecule has 2 aliphatic rings. The maximum absolute atomic E-state index is 3.80. The lowest BCUT2D eigenvalue weighted by atomic mass is 9.95. The molecular formula is C16H23BrN2. The molecule has 0 aromatic heterocycles. The summed E-state index contributed by atoms with van der Waals surface area (Å²) in [4.78, 5) is 2.58. The Bertz CT molecular complexity index is 470. The quantitative estimate of drug-likeness (QED) is 0.892. The van der Waals surface area contributed by atoms with Gasteiger partial charge in [0.2, 0.25) is 0 Å². The third kappa shape index (κ3) is 2.82. The van der Waals surface area contributed by atoms with E-state index < -0.39 is 0 Å². The van der Waals surface area contributed by atoms with Gasteiger partial charge in [-0.25, -0.2) is 0 Å². The van der Waals surface area contributed by atoms with Crippen LogP contribution in [0.3, 0.4) is 0 Å². The highest BCUT2D eigenvalue weighted by atomic mass is 79.9. The van der Waals surface area contributed by atoms with Crippen molar-refractivity contribution in [3.8, 4) is 0 Å². The first-order valence-corrected chi connectivity index (χ1v) is 8.14. The second kappa shape index (κ2) is 5.10. The summed E-state index contributed by atoms with van der Waals surface area (Å²) in [6.45, 7) is 8.08. The molecule has 0 spiro atoms. The molecule has 1 aliphatic carbocycles. The van der Waals surface area contributed by atoms with Gasteiger partial charge in [-0.15, -0.1) is 0 Å². The Labute approximate surface area is 124 Å². The average Bonchev–Trinajstić information content (AvgIpc) is 3.16. The lowest BCUT2D eigenvalue weighted by molar-refractivity contribution is 0.331. The van der Waals surface area contributed by atoms with E-state index in [9.17, 15) is 0 Å². The third-order valence-electron chi connectivity index (χ3n) is 4.63. The number of nitrogens with zero attached hydrogens (tertiary/aromatic N) is 1. The Hall–Kier alpha value is -0.540. The average molecular weight is 323 g/mol. The Morgan fingerprint density at radius 1 is 1.37 bits per heavy atom. The van der Waals surface area contributed by atoms with Crippen molar-refractivity contribution in [1.29, 1.82) is 0 Å². The molecule has 0 amide bonds. The zero-order valence-electron chi connectivity index (χ0n) is 11.9. The molecule has 1 heterocycles. The number of hydrogen-bond acceptors (Lipinski definition) is 2. The Morgan fingerprint density at radius 2 is 2.16 bits per heavy atom. The van der Waals surface area contributed by atoms with E-state index in [1.807, 2.05) is 0 Å². The van der Waals surface area contributed by atoms with E-state index >= 15 is 0 Å². The summed E-state index contributed by atoms with van der Waals surface area (Å²) in [5, 5.41) is 3.80. The third-order valence-corrected chi connectivity index (χ3v) is 5.12. The molecule has 1 aromatic carbocycles. The summed E-state index contributed by atoms with van der Waals surface area (Å²) in [6.07, 6.45) is 4.03. The highest BCUT2D eigenvalue weighted by Gasteiger charge is 2.43. The lowest BCUT2D eigenvalue weighted by Crippen LogP contribution is -2.51. The fourth-order valence-electron chi connectivity index (χ4n) is 3.35. The number of nitrogens with one attached hydrogen (secondary N) is 1. The highest BCUT2D eigenvalue weighted by molar-refractivity contribution is 9.10. The van der Waals surface area contributed by atoms with E-state index in [1.54, 1.807) is 0 Å². The molecule has 1 N–H and O–H groups in total. The molecule has 2 fully saturated rings. The van der Waals surface area contributed by atoms with Crippen LogP contribution in [-0.4, -0.2) is 25.2 Å². The molecular weight excluding hydrogens is 300 g/mol. The maximum atomic E-state index is 3.80. The largest absolute Gasteiger partial charge is 0.369 e. The Balaban J connectivity index is 1.86.